The molecule has 0 unspecified atom stereocenters. The second-order valence-corrected chi connectivity index (χ2v) is 7.12. The van der Waals surface area contributed by atoms with Gasteiger partial charge in [-0.2, -0.15) is 5.10 Å². The molecule has 0 radical (unpaired) electrons. The summed E-state index contributed by atoms with van der Waals surface area (Å²) in [5.41, 5.74) is 5.16. The van der Waals surface area contributed by atoms with Crippen molar-refractivity contribution in [2.24, 2.45) is 5.10 Å². The first kappa shape index (κ1) is 21.3. The Kier molecular flexibility index (Phi) is 6.97. The maximum atomic E-state index is 12.3. The molecule has 0 aliphatic rings. The van der Waals surface area contributed by atoms with Crippen LogP contribution in [0.4, 0.5) is 0 Å². The van der Waals surface area contributed by atoms with E-state index in [1.54, 1.807) is 42.7 Å². The van der Waals surface area contributed by atoms with Crippen molar-refractivity contribution in [3.8, 4) is 11.5 Å². The zero-order chi connectivity index (χ0) is 21.5. The molecule has 0 saturated carbocycles. The van der Waals surface area contributed by atoms with Gasteiger partial charge >= 0.3 is 0 Å². The lowest BCUT2D eigenvalue weighted by atomic mass is 10.2. The molecular weight excluding hydrogens is 404 g/mol. The molecular formula is C21H22N4O4S. The summed E-state index contributed by atoms with van der Waals surface area (Å²) in [6.07, 6.45) is 1.72. The molecule has 0 atom stereocenters. The van der Waals surface area contributed by atoms with Gasteiger partial charge in [-0.25, -0.2) is 5.43 Å². The zero-order valence-electron chi connectivity index (χ0n) is 16.9. The molecule has 0 saturated heterocycles. The third kappa shape index (κ3) is 4.93. The first-order chi connectivity index (χ1) is 14.5. The van der Waals surface area contributed by atoms with Crippen molar-refractivity contribution in [1.29, 1.82) is 0 Å². The maximum absolute atomic E-state index is 12.3. The van der Waals surface area contributed by atoms with Gasteiger partial charge in [-0.1, -0.05) is 0 Å². The monoisotopic (exact) mass is 426 g/mol. The Hall–Kier alpha value is -3.46. The number of nitrogens with zero attached hydrogens (tertiary/aromatic N) is 2. The van der Waals surface area contributed by atoms with E-state index in [0.29, 0.717) is 29.4 Å². The fourth-order valence-corrected chi connectivity index (χ4v) is 3.67. The van der Waals surface area contributed by atoms with Crippen LogP contribution in [0.25, 0.3) is 10.2 Å². The summed E-state index contributed by atoms with van der Waals surface area (Å²) >= 11 is 1.56. The molecule has 156 valence electrons. The first-order valence-corrected chi connectivity index (χ1v) is 10.2. The maximum Gasteiger partial charge on any atom is 0.259 e. The number of methoxy groups -OCH3 is 1. The smallest absolute Gasteiger partial charge is 0.259 e. The predicted octanol–water partition coefficient (Wildman–Crippen LogP) is 2.97. The third-order valence-corrected chi connectivity index (χ3v) is 5.14. The van der Waals surface area contributed by atoms with E-state index in [1.807, 2.05) is 24.4 Å². The van der Waals surface area contributed by atoms with Gasteiger partial charge in [0.1, 0.15) is 0 Å². The van der Waals surface area contributed by atoms with Crippen LogP contribution < -0.4 is 20.2 Å². The Morgan fingerprint density at radius 3 is 2.83 bits per heavy atom. The minimum absolute atomic E-state index is 0.215. The van der Waals surface area contributed by atoms with Crippen LogP contribution in [-0.2, 0) is 4.79 Å². The number of amides is 2. The molecule has 2 N–H and O–H groups in total. The number of thiophene rings is 1. The second-order valence-electron chi connectivity index (χ2n) is 6.21. The number of pyridine rings is 1. The van der Waals surface area contributed by atoms with Gasteiger partial charge in [0.15, 0.2) is 11.5 Å². The number of fused-ring (bicyclic) bond motifs is 1. The van der Waals surface area contributed by atoms with Crippen molar-refractivity contribution >= 4 is 39.1 Å². The molecule has 1 aromatic carbocycles. The number of benzene rings is 1. The van der Waals surface area contributed by atoms with E-state index in [4.69, 9.17) is 9.47 Å². The van der Waals surface area contributed by atoms with Gasteiger partial charge in [0.2, 0.25) is 0 Å². The summed E-state index contributed by atoms with van der Waals surface area (Å²) in [5, 5.41) is 8.63. The number of carbonyl (C=O) groups is 2. The predicted molar refractivity (Wildman–Crippen MR) is 116 cm³/mol. The van der Waals surface area contributed by atoms with Gasteiger partial charge in [0.05, 0.1) is 36.2 Å². The quantitative estimate of drug-likeness (QED) is 0.426. The van der Waals surface area contributed by atoms with Gasteiger partial charge in [0.25, 0.3) is 11.8 Å². The number of carbonyl (C=O) groups excluding carboxylic acids is 2. The van der Waals surface area contributed by atoms with Gasteiger partial charge in [-0.15, -0.1) is 11.3 Å². The number of hydrogen-bond donors (Lipinski definition) is 2. The molecule has 3 rings (SSSR count). The van der Waals surface area contributed by atoms with Crippen LogP contribution >= 0.6 is 11.3 Å². The number of aromatic nitrogens is 1. The van der Waals surface area contributed by atoms with Crippen molar-refractivity contribution in [3.05, 3.63) is 53.0 Å². The zero-order valence-corrected chi connectivity index (χ0v) is 17.7. The summed E-state index contributed by atoms with van der Waals surface area (Å²) in [4.78, 5) is 28.8. The molecule has 2 amide bonds. The molecule has 0 aliphatic heterocycles. The molecule has 2 heterocycles. The van der Waals surface area contributed by atoms with Crippen LogP contribution in [0, 0.1) is 0 Å². The van der Waals surface area contributed by atoms with Gasteiger partial charge in [-0.3, -0.25) is 14.6 Å². The highest BCUT2D eigenvalue weighted by molar-refractivity contribution is 7.17. The van der Waals surface area contributed by atoms with Crippen molar-refractivity contribution in [2.45, 2.75) is 13.8 Å². The van der Waals surface area contributed by atoms with Crippen LogP contribution in [0.15, 0.2) is 47.0 Å². The number of ether oxygens (including phenoxy) is 2. The molecule has 30 heavy (non-hydrogen) atoms. The fourth-order valence-electron chi connectivity index (χ4n) is 2.71. The lowest BCUT2D eigenvalue weighted by Crippen LogP contribution is -2.35. The topological polar surface area (TPSA) is 102 Å². The SMILES string of the molecule is CCOc1ccc(C(=O)NCC(=O)NN=C(C)c2csc3cccnc23)cc1OC. The van der Waals surface area contributed by atoms with Crippen LogP contribution in [0.1, 0.15) is 29.8 Å². The highest BCUT2D eigenvalue weighted by Crippen LogP contribution is 2.28. The van der Waals surface area contributed by atoms with Gasteiger partial charge < -0.3 is 14.8 Å². The molecule has 0 bridgehead atoms. The Morgan fingerprint density at radius 1 is 1.23 bits per heavy atom. The van der Waals surface area contributed by atoms with Crippen molar-refractivity contribution in [2.75, 3.05) is 20.3 Å². The lowest BCUT2D eigenvalue weighted by molar-refractivity contribution is -0.120. The number of hydrazone groups is 1. The van der Waals surface area contributed by atoms with E-state index in [1.165, 1.54) is 7.11 Å². The van der Waals surface area contributed by atoms with Crippen LogP contribution in [0.5, 0.6) is 11.5 Å². The van der Waals surface area contributed by atoms with E-state index in [9.17, 15) is 9.59 Å². The first-order valence-electron chi connectivity index (χ1n) is 9.28. The Bertz CT molecular complexity index is 1090. The number of hydrogen-bond acceptors (Lipinski definition) is 7. The lowest BCUT2D eigenvalue weighted by Gasteiger charge is -2.11. The summed E-state index contributed by atoms with van der Waals surface area (Å²) in [6, 6.07) is 8.68. The minimum atomic E-state index is -0.437. The fraction of sp³-hybridized carbons (Fsp3) is 0.238. The van der Waals surface area contributed by atoms with E-state index >= 15 is 0 Å². The molecule has 9 heteroatoms. The normalized spacial score (nSPS) is 11.2. The summed E-state index contributed by atoms with van der Waals surface area (Å²) < 4.78 is 11.7. The Labute approximate surface area is 177 Å². The number of nitrogens with one attached hydrogen (secondary N) is 2. The molecule has 0 fully saturated rings. The summed E-state index contributed by atoms with van der Waals surface area (Å²) in [7, 11) is 1.50. The average Bonchev–Trinajstić information content (AvgIpc) is 3.20. The van der Waals surface area contributed by atoms with Crippen molar-refractivity contribution in [1.82, 2.24) is 15.7 Å². The molecule has 0 spiro atoms. The largest absolute Gasteiger partial charge is 0.493 e. The molecule has 0 aliphatic carbocycles. The van der Waals surface area contributed by atoms with E-state index in [0.717, 1.165) is 15.8 Å². The summed E-state index contributed by atoms with van der Waals surface area (Å²) in [5.74, 6) is 0.161. The highest BCUT2D eigenvalue weighted by atomic mass is 32.1. The van der Waals surface area contributed by atoms with Crippen molar-refractivity contribution in [3.63, 3.8) is 0 Å². The van der Waals surface area contributed by atoms with Gasteiger partial charge in [-0.05, 0) is 44.2 Å². The molecule has 3 aromatic rings. The van der Waals surface area contributed by atoms with E-state index in [2.05, 4.69) is 20.8 Å². The average molecular weight is 426 g/mol. The molecule has 8 nitrogen and oxygen atoms in total. The minimum Gasteiger partial charge on any atom is -0.493 e. The van der Waals surface area contributed by atoms with Crippen molar-refractivity contribution < 1.29 is 19.1 Å². The highest BCUT2D eigenvalue weighted by Gasteiger charge is 2.13. The second kappa shape index (κ2) is 9.84. The van der Waals surface area contributed by atoms with Crippen LogP contribution in [0.3, 0.4) is 0 Å². The third-order valence-electron chi connectivity index (χ3n) is 4.20. The standard InChI is InChI=1S/C21H22N4O4S/c1-4-29-16-8-7-14(10-17(16)28-3)21(27)23-11-19(26)25-24-13(2)15-12-30-18-6-5-9-22-20(15)18/h5-10,12H,4,11H2,1-3H3,(H,23,27)(H,25,26). The van der Waals surface area contributed by atoms with Crippen LogP contribution in [0.2, 0.25) is 0 Å². The van der Waals surface area contributed by atoms with E-state index in [-0.39, 0.29) is 6.54 Å². The van der Waals surface area contributed by atoms with E-state index < -0.39 is 11.8 Å². The van der Waals surface area contributed by atoms with Gasteiger partial charge in [0, 0.05) is 22.7 Å². The Morgan fingerprint density at radius 2 is 2.07 bits per heavy atom. The Balaban J connectivity index is 1.57. The number of rotatable bonds is 8. The summed E-state index contributed by atoms with van der Waals surface area (Å²) in [6.45, 7) is 3.93. The van der Waals surface area contributed by atoms with Crippen LogP contribution in [-0.4, -0.2) is 42.8 Å². The molecule has 2 aromatic heterocycles.